The standard InChI is InChI=1S/C12H20N2S/c1-5-12(4,9-13-6-2)7-11-8-15-10(3)14-11/h5,8,13H,1,6-7,9H2,2-4H3. The van der Waals surface area contributed by atoms with Gasteiger partial charge in [-0.2, -0.15) is 0 Å². The maximum absolute atomic E-state index is 4.49. The van der Waals surface area contributed by atoms with Crippen molar-refractivity contribution in [2.24, 2.45) is 5.41 Å². The molecule has 2 nitrogen and oxygen atoms in total. The average molecular weight is 224 g/mol. The lowest BCUT2D eigenvalue weighted by atomic mass is 9.85. The van der Waals surface area contributed by atoms with Crippen molar-refractivity contribution in [3.8, 4) is 0 Å². The van der Waals surface area contributed by atoms with Gasteiger partial charge >= 0.3 is 0 Å². The molecule has 0 saturated carbocycles. The Morgan fingerprint density at radius 2 is 2.40 bits per heavy atom. The zero-order valence-electron chi connectivity index (χ0n) is 9.84. The van der Waals surface area contributed by atoms with Gasteiger partial charge in [0, 0.05) is 23.8 Å². The maximum Gasteiger partial charge on any atom is 0.0897 e. The number of nitrogens with one attached hydrogen (secondary N) is 1. The van der Waals surface area contributed by atoms with Gasteiger partial charge in [0.25, 0.3) is 0 Å². The van der Waals surface area contributed by atoms with E-state index in [4.69, 9.17) is 0 Å². The lowest BCUT2D eigenvalue weighted by molar-refractivity contribution is 0.392. The second kappa shape index (κ2) is 5.42. The number of aryl methyl sites for hydroxylation is 1. The van der Waals surface area contributed by atoms with E-state index in [9.17, 15) is 0 Å². The molecule has 0 aliphatic carbocycles. The molecule has 0 amide bonds. The lowest BCUT2D eigenvalue weighted by Gasteiger charge is -2.25. The number of aromatic nitrogens is 1. The van der Waals surface area contributed by atoms with Crippen molar-refractivity contribution in [1.29, 1.82) is 0 Å². The van der Waals surface area contributed by atoms with E-state index in [-0.39, 0.29) is 5.41 Å². The van der Waals surface area contributed by atoms with Crippen LogP contribution in [0.4, 0.5) is 0 Å². The number of rotatable bonds is 6. The Kier molecular flexibility index (Phi) is 4.48. The van der Waals surface area contributed by atoms with Crippen molar-refractivity contribution in [2.45, 2.75) is 27.2 Å². The third-order valence-electron chi connectivity index (χ3n) is 2.52. The molecule has 3 heteroatoms. The minimum atomic E-state index is 0.108. The van der Waals surface area contributed by atoms with Crippen LogP contribution in [0.5, 0.6) is 0 Å². The smallest absolute Gasteiger partial charge is 0.0897 e. The highest BCUT2D eigenvalue weighted by Gasteiger charge is 2.21. The summed E-state index contributed by atoms with van der Waals surface area (Å²) in [5, 5.41) is 6.65. The Hall–Kier alpha value is -0.670. The number of nitrogens with zero attached hydrogens (tertiary/aromatic N) is 1. The van der Waals surface area contributed by atoms with Gasteiger partial charge in [0.2, 0.25) is 0 Å². The summed E-state index contributed by atoms with van der Waals surface area (Å²) in [6, 6.07) is 0. The van der Waals surface area contributed by atoms with Crippen molar-refractivity contribution in [3.05, 3.63) is 28.7 Å². The molecule has 0 fully saturated rings. The van der Waals surface area contributed by atoms with E-state index in [2.05, 4.69) is 36.1 Å². The molecule has 0 aliphatic heterocycles. The summed E-state index contributed by atoms with van der Waals surface area (Å²) in [6.07, 6.45) is 3.00. The molecule has 0 aliphatic rings. The van der Waals surface area contributed by atoms with Gasteiger partial charge in [-0.15, -0.1) is 17.9 Å². The van der Waals surface area contributed by atoms with Gasteiger partial charge in [0.1, 0.15) is 0 Å². The first-order valence-electron chi connectivity index (χ1n) is 5.35. The molecule has 15 heavy (non-hydrogen) atoms. The van der Waals surface area contributed by atoms with Crippen LogP contribution in [-0.4, -0.2) is 18.1 Å². The summed E-state index contributed by atoms with van der Waals surface area (Å²) >= 11 is 1.71. The fraction of sp³-hybridized carbons (Fsp3) is 0.583. The van der Waals surface area contributed by atoms with E-state index >= 15 is 0 Å². The Balaban J connectivity index is 2.63. The van der Waals surface area contributed by atoms with E-state index in [0.29, 0.717) is 0 Å². The predicted molar refractivity (Wildman–Crippen MR) is 67.4 cm³/mol. The second-order valence-corrected chi connectivity index (χ2v) is 5.24. The maximum atomic E-state index is 4.49. The molecule has 1 unspecified atom stereocenters. The highest BCUT2D eigenvalue weighted by molar-refractivity contribution is 7.09. The molecule has 0 spiro atoms. The second-order valence-electron chi connectivity index (χ2n) is 4.17. The lowest BCUT2D eigenvalue weighted by Crippen LogP contribution is -2.32. The van der Waals surface area contributed by atoms with Gasteiger partial charge in [-0.3, -0.25) is 0 Å². The molecule has 1 heterocycles. The summed E-state index contributed by atoms with van der Waals surface area (Å²) in [7, 11) is 0. The first-order chi connectivity index (χ1) is 7.09. The molecule has 0 saturated heterocycles. The molecule has 1 atom stereocenters. The van der Waals surface area contributed by atoms with Gasteiger partial charge in [-0.1, -0.05) is 19.9 Å². The molecule has 1 aromatic rings. The summed E-state index contributed by atoms with van der Waals surface area (Å²) in [5.74, 6) is 0. The summed E-state index contributed by atoms with van der Waals surface area (Å²) in [6.45, 7) is 12.3. The third-order valence-corrected chi connectivity index (χ3v) is 3.35. The van der Waals surface area contributed by atoms with Gasteiger partial charge in [-0.05, 0) is 13.5 Å². The topological polar surface area (TPSA) is 24.9 Å². The Morgan fingerprint density at radius 1 is 1.67 bits per heavy atom. The van der Waals surface area contributed by atoms with Crippen molar-refractivity contribution in [2.75, 3.05) is 13.1 Å². The molecule has 1 rings (SSSR count). The van der Waals surface area contributed by atoms with E-state index in [1.165, 1.54) is 5.69 Å². The number of hydrogen-bond acceptors (Lipinski definition) is 3. The van der Waals surface area contributed by atoms with Crippen LogP contribution in [0.25, 0.3) is 0 Å². The monoisotopic (exact) mass is 224 g/mol. The first-order valence-corrected chi connectivity index (χ1v) is 6.23. The van der Waals surface area contributed by atoms with Crippen LogP contribution >= 0.6 is 11.3 Å². The van der Waals surface area contributed by atoms with E-state index in [0.717, 1.165) is 24.5 Å². The van der Waals surface area contributed by atoms with Crippen LogP contribution < -0.4 is 5.32 Å². The van der Waals surface area contributed by atoms with Crippen LogP contribution in [0.2, 0.25) is 0 Å². The number of hydrogen-bond donors (Lipinski definition) is 1. The van der Waals surface area contributed by atoms with E-state index < -0.39 is 0 Å². The van der Waals surface area contributed by atoms with Gasteiger partial charge in [0.05, 0.1) is 10.7 Å². The van der Waals surface area contributed by atoms with Crippen molar-refractivity contribution in [1.82, 2.24) is 10.3 Å². The van der Waals surface area contributed by atoms with Crippen LogP contribution in [0, 0.1) is 12.3 Å². The summed E-state index contributed by atoms with van der Waals surface area (Å²) in [4.78, 5) is 4.49. The number of thiazole rings is 1. The zero-order chi connectivity index (χ0) is 11.3. The molecule has 0 bridgehead atoms. The molecule has 1 aromatic heterocycles. The van der Waals surface area contributed by atoms with Crippen LogP contribution in [0.3, 0.4) is 0 Å². The van der Waals surface area contributed by atoms with Crippen LogP contribution in [-0.2, 0) is 6.42 Å². The fourth-order valence-electron chi connectivity index (χ4n) is 1.52. The quantitative estimate of drug-likeness (QED) is 0.752. The zero-order valence-corrected chi connectivity index (χ0v) is 10.7. The van der Waals surface area contributed by atoms with Crippen molar-refractivity contribution < 1.29 is 0 Å². The van der Waals surface area contributed by atoms with Gasteiger partial charge in [-0.25, -0.2) is 4.98 Å². The van der Waals surface area contributed by atoms with E-state index in [1.54, 1.807) is 11.3 Å². The van der Waals surface area contributed by atoms with E-state index in [1.807, 2.05) is 13.0 Å². The predicted octanol–water partition coefficient (Wildman–Crippen LogP) is 2.80. The first kappa shape index (κ1) is 12.4. The van der Waals surface area contributed by atoms with Crippen molar-refractivity contribution >= 4 is 11.3 Å². The normalized spacial score (nSPS) is 14.9. The summed E-state index contributed by atoms with van der Waals surface area (Å²) in [5.41, 5.74) is 1.29. The molecular weight excluding hydrogens is 204 g/mol. The molecule has 1 N–H and O–H groups in total. The Labute approximate surface area is 96.4 Å². The molecular formula is C12H20N2S. The largest absolute Gasteiger partial charge is 0.316 e. The Morgan fingerprint density at radius 3 is 2.87 bits per heavy atom. The fourth-order valence-corrected chi connectivity index (χ4v) is 2.13. The van der Waals surface area contributed by atoms with Crippen LogP contribution in [0.1, 0.15) is 24.5 Å². The van der Waals surface area contributed by atoms with Crippen molar-refractivity contribution in [3.63, 3.8) is 0 Å². The minimum Gasteiger partial charge on any atom is -0.316 e. The van der Waals surface area contributed by atoms with Gasteiger partial charge < -0.3 is 5.32 Å². The highest BCUT2D eigenvalue weighted by atomic mass is 32.1. The summed E-state index contributed by atoms with van der Waals surface area (Å²) < 4.78 is 0. The average Bonchev–Trinajstić information content (AvgIpc) is 2.61. The molecule has 0 aromatic carbocycles. The van der Waals surface area contributed by atoms with Crippen LogP contribution in [0.15, 0.2) is 18.0 Å². The Bertz CT molecular complexity index is 319. The highest BCUT2D eigenvalue weighted by Crippen LogP contribution is 2.23. The third kappa shape index (κ3) is 3.76. The molecule has 0 radical (unpaired) electrons. The van der Waals surface area contributed by atoms with Gasteiger partial charge in [0.15, 0.2) is 0 Å². The minimum absolute atomic E-state index is 0.108. The molecule has 84 valence electrons. The SMILES string of the molecule is C=CC(C)(CNCC)Cc1csc(C)n1.